The van der Waals surface area contributed by atoms with Crippen LogP contribution in [0.3, 0.4) is 0 Å². The van der Waals surface area contributed by atoms with Gasteiger partial charge >= 0.3 is 30.5 Å². The van der Waals surface area contributed by atoms with Gasteiger partial charge in [0.2, 0.25) is 23.6 Å². The summed E-state index contributed by atoms with van der Waals surface area (Å²) in [6.07, 6.45) is -9.86. The third-order valence-electron chi connectivity index (χ3n) is 13.4. The molecule has 0 aliphatic heterocycles. The van der Waals surface area contributed by atoms with Gasteiger partial charge in [0.15, 0.2) is 0 Å². The van der Waals surface area contributed by atoms with Crippen LogP contribution in [0.25, 0.3) is 0 Å². The molecule has 492 valence electrons. The maximum atomic E-state index is 13.2. The smallest absolute Gasteiger partial charge is 0.416 e. The lowest BCUT2D eigenvalue weighted by molar-refractivity contribution is -0.157. The first-order valence-corrected chi connectivity index (χ1v) is 28.7. The number of benzene rings is 6. The maximum Gasteiger partial charge on any atom is 0.416 e. The number of nitrogens with two attached hydrogens (primary N) is 1. The van der Waals surface area contributed by atoms with E-state index >= 15 is 0 Å². The van der Waals surface area contributed by atoms with Crippen LogP contribution in [-0.4, -0.2) is 77.2 Å². The summed E-state index contributed by atoms with van der Waals surface area (Å²) >= 11 is 0. The zero-order valence-corrected chi connectivity index (χ0v) is 51.8. The molecule has 92 heavy (non-hydrogen) atoms. The number of nitrogens with one attached hydrogen (secondary N) is 8. The molecule has 0 aliphatic rings. The largest absolute Gasteiger partial charge is 0.460 e. The van der Waals surface area contributed by atoms with Crippen molar-refractivity contribution < 1.29 is 74.1 Å². The Morgan fingerprint density at radius 3 is 1.21 bits per heavy atom. The topological polar surface area (TPSA) is 293 Å². The van der Waals surface area contributed by atoms with Crippen molar-refractivity contribution in [1.29, 1.82) is 10.8 Å². The van der Waals surface area contributed by atoms with Gasteiger partial charge in [0, 0.05) is 30.1 Å². The van der Waals surface area contributed by atoms with Crippen molar-refractivity contribution in [3.05, 3.63) is 213 Å². The summed E-state index contributed by atoms with van der Waals surface area (Å²) in [5.41, 5.74) is 8.64. The molecule has 6 aromatic carbocycles. The Morgan fingerprint density at radius 2 is 0.837 bits per heavy atom. The summed E-state index contributed by atoms with van der Waals surface area (Å²) in [4.78, 5) is 87.6. The highest BCUT2D eigenvalue weighted by Gasteiger charge is 2.32. The van der Waals surface area contributed by atoms with Crippen molar-refractivity contribution in [3.63, 3.8) is 0 Å². The van der Waals surface area contributed by atoms with Gasteiger partial charge < -0.3 is 41.2 Å². The summed E-state index contributed by atoms with van der Waals surface area (Å²) in [7, 11) is 0. The number of alkyl halides is 6. The summed E-state index contributed by atoms with van der Waals surface area (Å²) in [6.45, 7) is 8.45. The van der Waals surface area contributed by atoms with Crippen molar-refractivity contribution in [2.75, 3.05) is 0 Å². The second-order valence-electron chi connectivity index (χ2n) is 22.0. The quantitative estimate of drug-likeness (QED) is 0.00903. The lowest BCUT2D eigenvalue weighted by Crippen LogP contribution is -2.50. The van der Waals surface area contributed by atoms with Crippen LogP contribution in [-0.2, 0) is 89.7 Å². The highest BCUT2D eigenvalue weighted by Crippen LogP contribution is 2.31. The van der Waals surface area contributed by atoms with Crippen LogP contribution >= 0.6 is 12.4 Å². The standard InChI is InChI=1S/C36H41F3N4O6.C30H32F3N5O4.ClH/c1-23(32(45)41-21-25-11-15-27(16-12-25)31(40)43-34(47)48-22-26-8-6-5-7-9-26)42-33(46)28(20-30(44)49-35(2,3)4)17-10-24-13-18-29(19-14-24)36(37,38)39;1-19(37-28(40)25(34)16-11-20-9-14-24(15-10-20)30(31,32)33)27(39)36-17-21-7-12-23(13-8-21)26(35)38-29(41)42-18-22-5-3-2-4-6-22;/h5-9,11-16,18-19,23,28H,10,17,20-22H2,1-4H3,(H,41,45)(H,42,46)(H2,40,43,47);2-10,12-15,19,25H,11,16-18,34H2,1H3,(H,36,39)(H,37,40)(H2,35,38,41);1H/t23-,28-;19-,25+;/m00./s1. The molecule has 6 rings (SSSR count). The molecular weight excluding hydrogens is 1230 g/mol. The first-order chi connectivity index (χ1) is 42.9. The Hall–Kier alpha value is -9.62. The molecule has 19 nitrogen and oxygen atoms in total. The van der Waals surface area contributed by atoms with E-state index in [1.807, 2.05) is 60.7 Å². The molecule has 0 aliphatic carbocycles. The number of carbonyl (C=O) groups is 7. The minimum atomic E-state index is -4.47. The maximum absolute atomic E-state index is 13.2. The normalized spacial score (nSPS) is 12.4. The fourth-order valence-corrected chi connectivity index (χ4v) is 8.34. The highest BCUT2D eigenvalue weighted by molar-refractivity contribution is 6.05. The zero-order valence-electron chi connectivity index (χ0n) is 51.0. The number of carbonyl (C=O) groups excluding carboxylic acids is 7. The van der Waals surface area contributed by atoms with E-state index in [-0.39, 0.29) is 76.1 Å². The number of ether oxygens (including phenoxy) is 3. The first-order valence-electron chi connectivity index (χ1n) is 28.7. The lowest BCUT2D eigenvalue weighted by Gasteiger charge is -2.23. The molecule has 10 N–H and O–H groups in total. The van der Waals surface area contributed by atoms with E-state index in [2.05, 4.69) is 31.9 Å². The molecule has 4 atom stereocenters. The number of aryl methyl sites for hydroxylation is 2. The average molecular weight is 1300 g/mol. The molecule has 0 saturated heterocycles. The van der Waals surface area contributed by atoms with Crippen molar-refractivity contribution in [1.82, 2.24) is 31.9 Å². The molecule has 0 heterocycles. The van der Waals surface area contributed by atoms with Crippen LogP contribution in [0.2, 0.25) is 0 Å². The molecule has 0 unspecified atom stereocenters. The minimum Gasteiger partial charge on any atom is -0.460 e. The molecule has 0 radical (unpaired) electrons. The van der Waals surface area contributed by atoms with E-state index in [1.54, 1.807) is 69.3 Å². The van der Waals surface area contributed by atoms with Crippen LogP contribution in [0.15, 0.2) is 158 Å². The van der Waals surface area contributed by atoms with Crippen LogP contribution in [0.1, 0.15) is 110 Å². The summed E-state index contributed by atoms with van der Waals surface area (Å²) in [5.74, 6) is -3.89. The van der Waals surface area contributed by atoms with Gasteiger partial charge in [-0.05, 0) is 118 Å². The highest BCUT2D eigenvalue weighted by atomic mass is 35.5. The van der Waals surface area contributed by atoms with Gasteiger partial charge in [-0.3, -0.25) is 45.4 Å². The molecule has 6 amide bonds. The predicted octanol–water partition coefficient (Wildman–Crippen LogP) is 10.5. The molecule has 26 heteroatoms. The Morgan fingerprint density at radius 1 is 0.478 bits per heavy atom. The Bertz CT molecular complexity index is 3410. The zero-order chi connectivity index (χ0) is 66.9. The first kappa shape index (κ1) is 74.8. The second kappa shape index (κ2) is 35.7. The number of alkyl carbamates (subject to hydrolysis) is 2. The number of esters is 1. The van der Waals surface area contributed by atoms with E-state index in [1.165, 1.54) is 38.1 Å². The van der Waals surface area contributed by atoms with Gasteiger partial charge in [0.1, 0.15) is 42.6 Å². The van der Waals surface area contributed by atoms with E-state index in [4.69, 9.17) is 30.8 Å². The van der Waals surface area contributed by atoms with Gasteiger partial charge in [0.05, 0.1) is 23.6 Å². The average Bonchev–Trinajstić information content (AvgIpc) is 2.27. The number of hydrogen-bond acceptors (Lipinski definition) is 13. The second-order valence-corrected chi connectivity index (χ2v) is 22.0. The Kier molecular flexibility index (Phi) is 29.0. The third-order valence-corrected chi connectivity index (χ3v) is 13.4. The van der Waals surface area contributed by atoms with E-state index in [0.717, 1.165) is 41.0 Å². The van der Waals surface area contributed by atoms with Gasteiger partial charge in [0.25, 0.3) is 0 Å². The SMILES string of the molecule is C[C@H](NC(=O)[C@@H](CCc1ccc(C(F)(F)F)cc1)CC(=O)OC(C)(C)C)C(=O)NCc1ccc(C(=N)NC(=O)OCc2ccccc2)cc1.C[C@H](NC(=O)[C@H](N)CCc1ccc(C(F)(F)F)cc1)C(=O)NCc1ccc(C(=N)NC(=O)OCc2ccccc2)cc1.Cl. The predicted molar refractivity (Wildman–Crippen MR) is 334 cm³/mol. The van der Waals surface area contributed by atoms with Gasteiger partial charge in [-0.1, -0.05) is 133 Å². The molecule has 0 aromatic heterocycles. The fraction of sp³-hybridized carbons (Fsp3) is 0.318. The van der Waals surface area contributed by atoms with Crippen LogP contribution in [0, 0.1) is 16.7 Å². The number of rotatable bonds is 24. The van der Waals surface area contributed by atoms with Crippen molar-refractivity contribution in [2.24, 2.45) is 11.7 Å². The van der Waals surface area contributed by atoms with Crippen LogP contribution in [0.4, 0.5) is 35.9 Å². The Labute approximate surface area is 534 Å². The number of amidine groups is 2. The fourth-order valence-electron chi connectivity index (χ4n) is 8.34. The van der Waals surface area contributed by atoms with E-state index in [9.17, 15) is 59.9 Å². The van der Waals surface area contributed by atoms with Crippen LogP contribution in [0.5, 0.6) is 0 Å². The van der Waals surface area contributed by atoms with Gasteiger partial charge in [-0.2, -0.15) is 26.3 Å². The third kappa shape index (κ3) is 26.8. The number of hydrogen-bond donors (Lipinski definition) is 9. The van der Waals surface area contributed by atoms with E-state index in [0.29, 0.717) is 34.2 Å². The molecule has 0 spiro atoms. The lowest BCUT2D eigenvalue weighted by atomic mass is 9.94. The minimum absolute atomic E-state index is 0. The Balaban J connectivity index is 0.000000393. The van der Waals surface area contributed by atoms with E-state index < -0.39 is 94.9 Å². The molecule has 0 saturated carbocycles. The molecule has 0 bridgehead atoms. The monoisotopic (exact) mass is 1300 g/mol. The van der Waals surface area contributed by atoms with Crippen molar-refractivity contribution >= 4 is 65.9 Å². The van der Waals surface area contributed by atoms with Crippen LogP contribution < -0.4 is 37.6 Å². The number of halogens is 7. The van der Waals surface area contributed by atoms with Crippen molar-refractivity contribution in [3.8, 4) is 0 Å². The van der Waals surface area contributed by atoms with Gasteiger partial charge in [-0.15, -0.1) is 12.4 Å². The molecular formula is C66H74ClF6N9O10. The molecule has 0 fully saturated rings. The van der Waals surface area contributed by atoms with Crippen molar-refractivity contribution in [2.45, 2.75) is 129 Å². The summed E-state index contributed by atoms with van der Waals surface area (Å²) < 4.78 is 92.5. The molecule has 6 aromatic rings. The summed E-state index contributed by atoms with van der Waals surface area (Å²) in [5, 5.41) is 31.5. The number of amides is 6. The summed E-state index contributed by atoms with van der Waals surface area (Å²) in [6, 6.07) is 37.8. The van der Waals surface area contributed by atoms with Gasteiger partial charge in [-0.25, -0.2) is 9.59 Å².